The summed E-state index contributed by atoms with van der Waals surface area (Å²) in [6.07, 6.45) is 4.02. The molecule has 1 aliphatic carbocycles. The number of carbonyl (C=O) groups excluding carboxylic acids is 2. The predicted molar refractivity (Wildman–Crippen MR) is 127 cm³/mol. The molecule has 1 aromatic carbocycles. The molecule has 32 heavy (non-hydrogen) atoms. The highest BCUT2D eigenvalue weighted by Crippen LogP contribution is 2.35. The number of carbonyl (C=O) groups is 2. The van der Waals surface area contributed by atoms with Crippen molar-refractivity contribution < 1.29 is 14.3 Å². The van der Waals surface area contributed by atoms with Gasteiger partial charge in [0.1, 0.15) is 11.4 Å². The van der Waals surface area contributed by atoms with Gasteiger partial charge in [-0.2, -0.15) is 0 Å². The second kappa shape index (κ2) is 9.64. The lowest BCUT2D eigenvalue weighted by molar-refractivity contribution is -0.140. The average Bonchev–Trinajstić information content (AvgIpc) is 3.16. The number of nitrogens with one attached hydrogen (secondary N) is 1. The number of hydrogen-bond acceptors (Lipinski definition) is 7. The number of thioether (sulfide) groups is 1. The zero-order valence-electron chi connectivity index (χ0n) is 17.7. The molecule has 0 fully saturated rings. The second-order valence-electron chi connectivity index (χ2n) is 7.50. The van der Waals surface area contributed by atoms with Crippen LogP contribution in [-0.2, 0) is 27.2 Å². The maximum Gasteiger partial charge on any atom is 0.325 e. The van der Waals surface area contributed by atoms with Gasteiger partial charge in [-0.25, -0.2) is 4.98 Å². The third-order valence-electron chi connectivity index (χ3n) is 5.36. The number of rotatable bonds is 6. The molecule has 3 aromatic rings. The Kier molecular flexibility index (Phi) is 6.88. The maximum atomic E-state index is 13.7. The summed E-state index contributed by atoms with van der Waals surface area (Å²) in [5.41, 5.74) is 2.47. The number of aryl methyl sites for hydroxylation is 3. The van der Waals surface area contributed by atoms with Crippen LogP contribution in [-0.4, -0.2) is 40.8 Å². The number of ether oxygens (including phenoxy) is 1. The Hall–Kier alpha value is -2.36. The van der Waals surface area contributed by atoms with E-state index in [1.165, 1.54) is 16.6 Å². The molecule has 0 saturated heterocycles. The van der Waals surface area contributed by atoms with Gasteiger partial charge >= 0.3 is 5.97 Å². The van der Waals surface area contributed by atoms with Crippen molar-refractivity contribution >= 4 is 56.8 Å². The van der Waals surface area contributed by atoms with Crippen molar-refractivity contribution in [1.82, 2.24) is 14.9 Å². The summed E-state index contributed by atoms with van der Waals surface area (Å²) in [4.78, 5) is 43.9. The minimum absolute atomic E-state index is 0.000373. The van der Waals surface area contributed by atoms with E-state index in [9.17, 15) is 14.4 Å². The van der Waals surface area contributed by atoms with Crippen LogP contribution in [0.25, 0.3) is 15.9 Å². The molecule has 0 unspecified atom stereocenters. The van der Waals surface area contributed by atoms with Gasteiger partial charge < -0.3 is 10.1 Å². The summed E-state index contributed by atoms with van der Waals surface area (Å²) >= 11 is 9.05. The first-order valence-corrected chi connectivity index (χ1v) is 12.4. The van der Waals surface area contributed by atoms with E-state index in [1.54, 1.807) is 17.4 Å². The van der Waals surface area contributed by atoms with Crippen molar-refractivity contribution in [1.29, 1.82) is 0 Å². The highest BCUT2D eigenvalue weighted by atomic mass is 35.5. The van der Waals surface area contributed by atoms with E-state index in [0.29, 0.717) is 26.1 Å². The number of aromatic nitrogens is 2. The van der Waals surface area contributed by atoms with Gasteiger partial charge in [0.25, 0.3) is 5.56 Å². The normalized spacial score (nSPS) is 13.1. The minimum atomic E-state index is -0.529. The van der Waals surface area contributed by atoms with E-state index in [1.807, 2.05) is 19.1 Å². The highest BCUT2D eigenvalue weighted by molar-refractivity contribution is 7.99. The number of benzene rings is 1. The Morgan fingerprint density at radius 1 is 1.31 bits per heavy atom. The molecule has 1 aliphatic rings. The molecular weight excluding hydrogens is 470 g/mol. The summed E-state index contributed by atoms with van der Waals surface area (Å²) in [6.45, 7) is 1.69. The zero-order chi connectivity index (χ0) is 22.8. The molecule has 0 aliphatic heterocycles. The lowest BCUT2D eigenvalue weighted by Gasteiger charge is -2.14. The van der Waals surface area contributed by atoms with Crippen LogP contribution in [0.1, 0.15) is 28.8 Å². The molecule has 0 bridgehead atoms. The third-order valence-corrected chi connectivity index (χ3v) is 7.89. The molecule has 10 heteroatoms. The van der Waals surface area contributed by atoms with Crippen molar-refractivity contribution in [2.75, 3.05) is 19.4 Å². The van der Waals surface area contributed by atoms with Crippen molar-refractivity contribution in [3.63, 3.8) is 0 Å². The molecule has 1 N–H and O–H groups in total. The Bertz CT molecular complexity index is 1270. The van der Waals surface area contributed by atoms with Gasteiger partial charge in [0.05, 0.1) is 23.9 Å². The number of thiophene rings is 1. The Balaban J connectivity index is 1.76. The minimum Gasteiger partial charge on any atom is -0.468 e. The molecule has 0 spiro atoms. The summed E-state index contributed by atoms with van der Waals surface area (Å²) in [5.74, 6) is -0.883. The summed E-state index contributed by atoms with van der Waals surface area (Å²) in [5, 5.41) is 4.13. The Labute approximate surface area is 198 Å². The van der Waals surface area contributed by atoms with E-state index in [-0.39, 0.29) is 23.8 Å². The van der Waals surface area contributed by atoms with Gasteiger partial charge in [-0.05, 0) is 55.9 Å². The van der Waals surface area contributed by atoms with Gasteiger partial charge in [-0.3, -0.25) is 19.0 Å². The van der Waals surface area contributed by atoms with E-state index in [2.05, 4.69) is 10.1 Å². The molecule has 2 heterocycles. The zero-order valence-corrected chi connectivity index (χ0v) is 20.1. The molecule has 2 aromatic heterocycles. The Morgan fingerprint density at radius 2 is 2.09 bits per heavy atom. The molecule has 0 radical (unpaired) electrons. The lowest BCUT2D eigenvalue weighted by atomic mass is 9.97. The lowest BCUT2D eigenvalue weighted by Crippen LogP contribution is -2.31. The largest absolute Gasteiger partial charge is 0.468 e. The fraction of sp³-hybridized carbons (Fsp3) is 0.364. The molecule has 7 nitrogen and oxygen atoms in total. The van der Waals surface area contributed by atoms with Gasteiger partial charge in [0.15, 0.2) is 5.16 Å². The molecule has 0 saturated carbocycles. The summed E-state index contributed by atoms with van der Waals surface area (Å²) in [7, 11) is 1.26. The van der Waals surface area contributed by atoms with Crippen LogP contribution in [0.15, 0.2) is 28.2 Å². The van der Waals surface area contributed by atoms with Gasteiger partial charge in [-0.15, -0.1) is 11.3 Å². The number of amides is 1. The van der Waals surface area contributed by atoms with Gasteiger partial charge in [0, 0.05) is 9.90 Å². The number of fused-ring (bicyclic) bond motifs is 3. The number of hydrogen-bond donors (Lipinski definition) is 1. The molecule has 168 valence electrons. The highest BCUT2D eigenvalue weighted by Gasteiger charge is 2.23. The number of esters is 1. The summed E-state index contributed by atoms with van der Waals surface area (Å²) < 4.78 is 6.07. The fourth-order valence-corrected chi connectivity index (χ4v) is 5.98. The van der Waals surface area contributed by atoms with Crippen molar-refractivity contribution in [2.24, 2.45) is 0 Å². The number of halogens is 1. The quantitative estimate of drug-likeness (QED) is 0.321. The average molecular weight is 492 g/mol. The molecular formula is C22H22ClN3O4S2. The standard InChI is InChI=1S/C22H22ClN3O4S2/c1-12-7-8-13(9-15(12)23)26-21(29)19-14-5-3-4-6-16(14)32-20(19)25-22(26)31-11-17(27)24-10-18(28)30-2/h7-9H,3-6,10-11H2,1-2H3,(H,24,27). The van der Waals surface area contributed by atoms with Crippen LogP contribution < -0.4 is 10.9 Å². The van der Waals surface area contributed by atoms with Crippen LogP contribution in [0, 0.1) is 6.92 Å². The number of methoxy groups -OCH3 is 1. The topological polar surface area (TPSA) is 90.3 Å². The number of nitrogens with zero attached hydrogens (tertiary/aromatic N) is 2. The predicted octanol–water partition coefficient (Wildman–Crippen LogP) is 3.67. The van der Waals surface area contributed by atoms with Gasteiger partial charge in [-0.1, -0.05) is 29.4 Å². The van der Waals surface area contributed by atoms with Crippen LogP contribution in [0.3, 0.4) is 0 Å². The third kappa shape index (κ3) is 4.55. The van der Waals surface area contributed by atoms with Crippen LogP contribution in [0.2, 0.25) is 5.02 Å². The first-order chi connectivity index (χ1) is 15.4. The molecule has 0 atom stereocenters. The van der Waals surface area contributed by atoms with E-state index in [0.717, 1.165) is 48.6 Å². The smallest absolute Gasteiger partial charge is 0.325 e. The monoisotopic (exact) mass is 491 g/mol. The SMILES string of the molecule is COC(=O)CNC(=O)CSc1nc2sc3c(c2c(=O)n1-c1ccc(C)c(Cl)c1)CCCC3. The van der Waals surface area contributed by atoms with Crippen molar-refractivity contribution in [3.05, 3.63) is 49.6 Å². The second-order valence-corrected chi connectivity index (χ2v) is 9.93. The molecule has 1 amide bonds. The van der Waals surface area contributed by atoms with Crippen molar-refractivity contribution in [3.8, 4) is 5.69 Å². The van der Waals surface area contributed by atoms with Gasteiger partial charge in [0.2, 0.25) is 5.91 Å². The van der Waals surface area contributed by atoms with Crippen LogP contribution in [0.5, 0.6) is 0 Å². The van der Waals surface area contributed by atoms with Crippen molar-refractivity contribution in [2.45, 2.75) is 37.8 Å². The maximum absolute atomic E-state index is 13.7. The van der Waals surface area contributed by atoms with Crippen LogP contribution in [0.4, 0.5) is 0 Å². The Morgan fingerprint density at radius 3 is 2.84 bits per heavy atom. The first-order valence-electron chi connectivity index (χ1n) is 10.2. The first kappa shape index (κ1) is 22.8. The molecule has 4 rings (SSSR count). The fourth-order valence-electron chi connectivity index (χ4n) is 3.66. The van der Waals surface area contributed by atoms with Crippen LogP contribution >= 0.6 is 34.7 Å². The van der Waals surface area contributed by atoms with E-state index >= 15 is 0 Å². The summed E-state index contributed by atoms with van der Waals surface area (Å²) in [6, 6.07) is 5.43. The van der Waals surface area contributed by atoms with E-state index in [4.69, 9.17) is 16.6 Å². The van der Waals surface area contributed by atoms with E-state index < -0.39 is 5.97 Å².